The molecule has 3 aromatic carbocycles. The summed E-state index contributed by atoms with van der Waals surface area (Å²) in [6, 6.07) is 21.8. The zero-order chi connectivity index (χ0) is 25.7. The number of halogens is 3. The third-order valence-electron chi connectivity index (χ3n) is 5.81. The Balaban J connectivity index is 1.68. The standard InChI is InChI=1S/C27H25F3N4O2/c1-19-10-12-21(13-11-19)14-16-33-24(31-23-9-5-8-22(18-23)27(28,29)30)32-25(35)34(26(33)36)17-15-20-6-3-2-4-7-20/h2-13,18H,14-17H2,1H3,(H,31,32,35). The van der Waals surface area contributed by atoms with Crippen LogP contribution in [-0.4, -0.2) is 14.1 Å². The van der Waals surface area contributed by atoms with Crippen molar-refractivity contribution in [2.75, 3.05) is 5.32 Å². The van der Waals surface area contributed by atoms with Crippen molar-refractivity contribution in [1.82, 2.24) is 14.1 Å². The van der Waals surface area contributed by atoms with Crippen LogP contribution in [0.1, 0.15) is 22.3 Å². The van der Waals surface area contributed by atoms with Gasteiger partial charge in [-0.25, -0.2) is 14.2 Å². The molecule has 0 saturated heterocycles. The maximum Gasteiger partial charge on any atom is 0.416 e. The van der Waals surface area contributed by atoms with Crippen molar-refractivity contribution in [3.05, 3.63) is 122 Å². The molecule has 0 bridgehead atoms. The molecule has 0 atom stereocenters. The van der Waals surface area contributed by atoms with E-state index in [9.17, 15) is 22.8 Å². The van der Waals surface area contributed by atoms with Gasteiger partial charge in [-0.1, -0.05) is 66.2 Å². The van der Waals surface area contributed by atoms with E-state index in [2.05, 4.69) is 10.3 Å². The lowest BCUT2D eigenvalue weighted by atomic mass is 10.1. The van der Waals surface area contributed by atoms with Crippen molar-refractivity contribution in [3.8, 4) is 0 Å². The van der Waals surface area contributed by atoms with E-state index < -0.39 is 23.1 Å². The summed E-state index contributed by atoms with van der Waals surface area (Å²) >= 11 is 0. The minimum Gasteiger partial charge on any atom is -0.325 e. The lowest BCUT2D eigenvalue weighted by Crippen LogP contribution is -2.43. The van der Waals surface area contributed by atoms with Gasteiger partial charge in [-0.3, -0.25) is 4.57 Å². The first-order valence-corrected chi connectivity index (χ1v) is 11.5. The Hall–Kier alpha value is -4.14. The Labute approximate surface area is 205 Å². The fourth-order valence-electron chi connectivity index (χ4n) is 3.80. The molecule has 6 nitrogen and oxygen atoms in total. The number of benzene rings is 3. The van der Waals surface area contributed by atoms with Crippen molar-refractivity contribution >= 4 is 11.6 Å². The van der Waals surface area contributed by atoms with E-state index in [4.69, 9.17) is 0 Å². The SMILES string of the molecule is Cc1ccc(CCn2c(Nc3cccc(C(F)(F)F)c3)nc(=O)n(CCc3ccccc3)c2=O)cc1. The first-order valence-electron chi connectivity index (χ1n) is 11.5. The van der Waals surface area contributed by atoms with Gasteiger partial charge in [0.2, 0.25) is 5.95 Å². The molecular weight excluding hydrogens is 469 g/mol. The predicted molar refractivity (Wildman–Crippen MR) is 133 cm³/mol. The fraction of sp³-hybridized carbons (Fsp3) is 0.222. The van der Waals surface area contributed by atoms with Gasteiger partial charge in [0.05, 0.1) is 5.56 Å². The lowest BCUT2D eigenvalue weighted by molar-refractivity contribution is -0.137. The Bertz CT molecular complexity index is 1440. The second kappa shape index (κ2) is 10.6. The average molecular weight is 495 g/mol. The number of hydrogen-bond donors (Lipinski definition) is 1. The minimum absolute atomic E-state index is 0.0715. The van der Waals surface area contributed by atoms with Crippen LogP contribution in [-0.2, 0) is 32.1 Å². The predicted octanol–water partition coefficient (Wildman–Crippen LogP) is 4.96. The molecule has 4 aromatic rings. The second-order valence-electron chi connectivity index (χ2n) is 8.48. The van der Waals surface area contributed by atoms with Crippen molar-refractivity contribution in [1.29, 1.82) is 0 Å². The van der Waals surface area contributed by atoms with E-state index in [-0.39, 0.29) is 24.7 Å². The van der Waals surface area contributed by atoms with E-state index in [1.165, 1.54) is 16.7 Å². The molecule has 0 aliphatic rings. The molecule has 0 aliphatic carbocycles. The molecule has 1 aromatic heterocycles. The summed E-state index contributed by atoms with van der Waals surface area (Å²) < 4.78 is 41.9. The summed E-state index contributed by atoms with van der Waals surface area (Å²) in [6.07, 6.45) is -3.61. The fourth-order valence-corrected chi connectivity index (χ4v) is 3.80. The molecule has 0 unspecified atom stereocenters. The number of hydrogen-bond acceptors (Lipinski definition) is 4. The molecule has 0 saturated carbocycles. The first kappa shape index (κ1) is 25.0. The number of alkyl halides is 3. The van der Waals surface area contributed by atoms with Crippen LogP contribution in [0.15, 0.2) is 88.5 Å². The van der Waals surface area contributed by atoms with Crippen LogP contribution in [0.2, 0.25) is 0 Å². The second-order valence-corrected chi connectivity index (χ2v) is 8.48. The van der Waals surface area contributed by atoms with Crippen LogP contribution in [0.3, 0.4) is 0 Å². The number of aryl methyl sites for hydroxylation is 3. The average Bonchev–Trinajstić information content (AvgIpc) is 2.85. The van der Waals surface area contributed by atoms with Gasteiger partial charge < -0.3 is 5.32 Å². The van der Waals surface area contributed by atoms with Crippen LogP contribution >= 0.6 is 0 Å². The molecule has 0 aliphatic heterocycles. The molecular formula is C27H25F3N4O2. The number of nitrogens with zero attached hydrogens (tertiary/aromatic N) is 3. The highest BCUT2D eigenvalue weighted by molar-refractivity contribution is 5.54. The van der Waals surface area contributed by atoms with E-state index >= 15 is 0 Å². The Morgan fingerprint density at radius 2 is 1.44 bits per heavy atom. The molecule has 1 N–H and O–H groups in total. The molecule has 36 heavy (non-hydrogen) atoms. The quantitative estimate of drug-likeness (QED) is 0.376. The minimum atomic E-state index is -4.53. The topological polar surface area (TPSA) is 68.9 Å². The monoisotopic (exact) mass is 494 g/mol. The highest BCUT2D eigenvalue weighted by Crippen LogP contribution is 2.31. The van der Waals surface area contributed by atoms with Crippen molar-refractivity contribution < 1.29 is 13.2 Å². The third kappa shape index (κ3) is 6.10. The first-order chi connectivity index (χ1) is 17.2. The van der Waals surface area contributed by atoms with Crippen LogP contribution in [0, 0.1) is 6.92 Å². The van der Waals surface area contributed by atoms with Gasteiger partial charge in [0.25, 0.3) is 0 Å². The Morgan fingerprint density at radius 3 is 2.11 bits per heavy atom. The Morgan fingerprint density at radius 1 is 0.806 bits per heavy atom. The van der Waals surface area contributed by atoms with Gasteiger partial charge in [-0.05, 0) is 49.1 Å². The van der Waals surface area contributed by atoms with Gasteiger partial charge in [-0.15, -0.1) is 0 Å². The number of rotatable bonds is 8. The van der Waals surface area contributed by atoms with Crippen LogP contribution < -0.4 is 16.7 Å². The van der Waals surface area contributed by atoms with E-state index in [0.717, 1.165) is 33.4 Å². The smallest absolute Gasteiger partial charge is 0.325 e. The largest absolute Gasteiger partial charge is 0.416 e. The van der Waals surface area contributed by atoms with E-state index in [1.807, 2.05) is 61.5 Å². The van der Waals surface area contributed by atoms with Crippen LogP contribution in [0.5, 0.6) is 0 Å². The highest BCUT2D eigenvalue weighted by atomic mass is 19.4. The van der Waals surface area contributed by atoms with Gasteiger partial charge in [-0.2, -0.15) is 18.2 Å². The molecule has 9 heteroatoms. The molecule has 186 valence electrons. The summed E-state index contributed by atoms with van der Waals surface area (Å²) in [5.41, 5.74) is 0.906. The van der Waals surface area contributed by atoms with Gasteiger partial charge in [0.15, 0.2) is 0 Å². The highest BCUT2D eigenvalue weighted by Gasteiger charge is 2.30. The maximum absolute atomic E-state index is 13.4. The molecule has 0 radical (unpaired) electrons. The zero-order valence-corrected chi connectivity index (χ0v) is 19.6. The molecule has 1 heterocycles. The van der Waals surface area contributed by atoms with E-state index in [1.54, 1.807) is 0 Å². The summed E-state index contributed by atoms with van der Waals surface area (Å²) in [4.78, 5) is 30.2. The van der Waals surface area contributed by atoms with Crippen molar-refractivity contribution in [2.45, 2.75) is 39.0 Å². The van der Waals surface area contributed by atoms with Gasteiger partial charge in [0.1, 0.15) is 0 Å². The van der Waals surface area contributed by atoms with Crippen LogP contribution in [0.25, 0.3) is 0 Å². The van der Waals surface area contributed by atoms with E-state index in [0.29, 0.717) is 12.8 Å². The number of nitrogens with one attached hydrogen (secondary N) is 1. The molecule has 0 spiro atoms. The zero-order valence-electron chi connectivity index (χ0n) is 19.6. The molecule has 0 fully saturated rings. The van der Waals surface area contributed by atoms with Crippen molar-refractivity contribution in [2.24, 2.45) is 0 Å². The van der Waals surface area contributed by atoms with Gasteiger partial charge >= 0.3 is 17.6 Å². The Kier molecular flexibility index (Phi) is 7.38. The summed E-state index contributed by atoms with van der Waals surface area (Å²) in [6.45, 7) is 2.28. The molecule has 0 amide bonds. The number of aromatic nitrogens is 3. The summed E-state index contributed by atoms with van der Waals surface area (Å²) in [5, 5.41) is 2.75. The summed E-state index contributed by atoms with van der Waals surface area (Å²) in [5.74, 6) is -0.104. The van der Waals surface area contributed by atoms with Crippen LogP contribution in [0.4, 0.5) is 24.8 Å². The number of anilines is 2. The normalized spacial score (nSPS) is 11.4. The lowest BCUT2D eigenvalue weighted by Gasteiger charge is -2.16. The summed E-state index contributed by atoms with van der Waals surface area (Å²) in [7, 11) is 0. The van der Waals surface area contributed by atoms with Gasteiger partial charge in [0, 0.05) is 18.8 Å². The third-order valence-corrected chi connectivity index (χ3v) is 5.81. The molecule has 4 rings (SSSR count). The maximum atomic E-state index is 13.4. The van der Waals surface area contributed by atoms with Crippen molar-refractivity contribution in [3.63, 3.8) is 0 Å².